The van der Waals surface area contributed by atoms with E-state index >= 15 is 0 Å². The highest BCUT2D eigenvalue weighted by Crippen LogP contribution is 2.41. The molecular weight excluding hydrogens is 364 g/mol. The number of nitrogen functional groups attached to an aromatic ring is 1. The maximum absolute atomic E-state index is 11.9. The van der Waals surface area contributed by atoms with Crippen molar-refractivity contribution in [1.29, 1.82) is 0 Å². The molecule has 0 unspecified atom stereocenters. The lowest BCUT2D eigenvalue weighted by atomic mass is 10.0. The van der Waals surface area contributed by atoms with E-state index in [4.69, 9.17) is 5.73 Å². The van der Waals surface area contributed by atoms with Crippen LogP contribution in [-0.2, 0) is 9.84 Å². The van der Waals surface area contributed by atoms with Gasteiger partial charge in [-0.1, -0.05) is 42.5 Å². The van der Waals surface area contributed by atoms with Crippen molar-refractivity contribution in [2.45, 2.75) is 4.90 Å². The molecule has 4 nitrogen and oxygen atoms in total. The molecule has 0 fully saturated rings. The van der Waals surface area contributed by atoms with Crippen LogP contribution >= 0.6 is 11.3 Å². The number of hydrogen-bond donors (Lipinski definition) is 1. The van der Waals surface area contributed by atoms with Gasteiger partial charge in [0.25, 0.3) is 0 Å². The summed E-state index contributed by atoms with van der Waals surface area (Å²) >= 11 is 1.59. The number of benzene rings is 2. The van der Waals surface area contributed by atoms with Gasteiger partial charge in [0.05, 0.1) is 4.90 Å². The van der Waals surface area contributed by atoms with Crippen molar-refractivity contribution in [1.82, 2.24) is 4.98 Å². The second-order valence-corrected chi connectivity index (χ2v) is 8.97. The van der Waals surface area contributed by atoms with E-state index in [1.165, 1.54) is 6.26 Å². The van der Waals surface area contributed by atoms with Crippen molar-refractivity contribution >= 4 is 37.1 Å². The Hall–Kier alpha value is -2.70. The molecule has 0 aliphatic heterocycles. The van der Waals surface area contributed by atoms with Crippen LogP contribution in [0.1, 0.15) is 0 Å². The minimum absolute atomic E-state index is 0.291. The van der Waals surface area contributed by atoms with Crippen molar-refractivity contribution in [3.63, 3.8) is 0 Å². The van der Waals surface area contributed by atoms with Gasteiger partial charge in [0.2, 0.25) is 0 Å². The van der Waals surface area contributed by atoms with Gasteiger partial charge in [-0.3, -0.25) is 0 Å². The number of hydrogen-bond acceptors (Lipinski definition) is 5. The first-order valence-corrected chi connectivity index (χ1v) is 10.7. The number of nitrogens with zero attached hydrogens (tertiary/aromatic N) is 1. The van der Waals surface area contributed by atoms with Crippen LogP contribution in [0.4, 0.5) is 5.82 Å². The first-order chi connectivity index (χ1) is 12.4. The average molecular weight is 380 g/mol. The molecule has 2 aromatic heterocycles. The highest BCUT2D eigenvalue weighted by molar-refractivity contribution is 7.90. The molecule has 0 amide bonds. The maximum atomic E-state index is 11.9. The van der Waals surface area contributed by atoms with Crippen LogP contribution in [0.5, 0.6) is 0 Å². The average Bonchev–Trinajstić information content (AvgIpc) is 3.08. The molecule has 0 saturated heterocycles. The molecule has 4 aromatic rings. The fourth-order valence-electron chi connectivity index (χ4n) is 3.00. The summed E-state index contributed by atoms with van der Waals surface area (Å²) in [4.78, 5) is 4.66. The number of anilines is 1. The number of fused-ring (bicyclic) bond motifs is 1. The molecule has 0 aliphatic rings. The van der Waals surface area contributed by atoms with Crippen LogP contribution in [0.3, 0.4) is 0 Å². The monoisotopic (exact) mass is 380 g/mol. The lowest BCUT2D eigenvalue weighted by Gasteiger charge is -2.08. The van der Waals surface area contributed by atoms with E-state index in [9.17, 15) is 8.42 Å². The molecule has 130 valence electrons. The number of pyridine rings is 1. The third-order valence-electron chi connectivity index (χ3n) is 4.28. The number of thiophene rings is 1. The molecule has 0 atom stereocenters. The molecule has 2 aromatic carbocycles. The van der Waals surface area contributed by atoms with Crippen molar-refractivity contribution in [3.05, 3.63) is 66.2 Å². The second kappa shape index (κ2) is 6.23. The molecule has 0 spiro atoms. The molecule has 2 heterocycles. The zero-order valence-corrected chi connectivity index (χ0v) is 15.6. The number of nitrogens with two attached hydrogens (primary N) is 1. The first-order valence-electron chi connectivity index (χ1n) is 7.97. The van der Waals surface area contributed by atoms with Crippen LogP contribution < -0.4 is 5.73 Å². The van der Waals surface area contributed by atoms with Crippen molar-refractivity contribution < 1.29 is 8.42 Å². The molecule has 6 heteroatoms. The smallest absolute Gasteiger partial charge is 0.175 e. The van der Waals surface area contributed by atoms with Crippen LogP contribution in [0, 0.1) is 0 Å². The van der Waals surface area contributed by atoms with E-state index in [-0.39, 0.29) is 0 Å². The highest BCUT2D eigenvalue weighted by Gasteiger charge is 2.16. The molecule has 4 rings (SSSR count). The van der Waals surface area contributed by atoms with E-state index in [1.807, 2.05) is 36.4 Å². The van der Waals surface area contributed by atoms with Crippen LogP contribution in [0.25, 0.3) is 32.3 Å². The fourth-order valence-corrected chi connectivity index (χ4v) is 4.78. The van der Waals surface area contributed by atoms with Gasteiger partial charge in [0.15, 0.2) is 9.84 Å². The minimum Gasteiger partial charge on any atom is -0.383 e. The Morgan fingerprint density at radius 1 is 0.962 bits per heavy atom. The topological polar surface area (TPSA) is 73.0 Å². The van der Waals surface area contributed by atoms with Crippen molar-refractivity contribution in [3.8, 4) is 22.3 Å². The SMILES string of the molecule is CS(=O)(=O)c1cccc(-c2cnc(N)c3c(-c4ccccc4)csc23)c1. The van der Waals surface area contributed by atoms with Crippen LogP contribution in [0.2, 0.25) is 0 Å². The largest absolute Gasteiger partial charge is 0.383 e. The molecule has 2 N–H and O–H groups in total. The zero-order valence-electron chi connectivity index (χ0n) is 14.0. The lowest BCUT2D eigenvalue weighted by molar-refractivity contribution is 0.602. The maximum Gasteiger partial charge on any atom is 0.175 e. The zero-order chi connectivity index (χ0) is 18.3. The van der Waals surface area contributed by atoms with Gasteiger partial charge in [-0.15, -0.1) is 11.3 Å². The Balaban J connectivity index is 1.97. The van der Waals surface area contributed by atoms with Crippen LogP contribution in [-0.4, -0.2) is 19.7 Å². The molecule has 0 aliphatic carbocycles. The first kappa shape index (κ1) is 16.8. The standard InChI is InChI=1S/C20H16N2O2S2/c1-26(23,24)15-9-5-8-14(10-15)16-11-22-20(21)18-17(12-25-19(16)18)13-6-3-2-4-7-13/h2-12H,1H3,(H2,21,22). The Morgan fingerprint density at radius 3 is 2.42 bits per heavy atom. The van der Waals surface area contributed by atoms with Crippen molar-refractivity contribution in [2.24, 2.45) is 0 Å². The summed E-state index contributed by atoms with van der Waals surface area (Å²) in [5, 5.41) is 2.98. The Bertz CT molecular complexity index is 1210. The predicted octanol–water partition coefficient (Wildman–Crippen LogP) is 4.62. The van der Waals surface area contributed by atoms with Gasteiger partial charge in [0.1, 0.15) is 5.82 Å². The summed E-state index contributed by atoms with van der Waals surface area (Å²) < 4.78 is 24.8. The summed E-state index contributed by atoms with van der Waals surface area (Å²) in [5.74, 6) is 0.475. The molecule has 0 saturated carbocycles. The van der Waals surface area contributed by atoms with E-state index in [2.05, 4.69) is 10.4 Å². The third-order valence-corrected chi connectivity index (χ3v) is 6.41. The highest BCUT2D eigenvalue weighted by atomic mass is 32.2. The Labute approximate surface area is 155 Å². The van der Waals surface area contributed by atoms with Gasteiger partial charge < -0.3 is 5.73 Å². The lowest BCUT2D eigenvalue weighted by Crippen LogP contribution is -1.97. The second-order valence-electron chi connectivity index (χ2n) is 6.08. The number of sulfone groups is 1. The van der Waals surface area contributed by atoms with E-state index < -0.39 is 9.84 Å². The molecule has 26 heavy (non-hydrogen) atoms. The summed E-state index contributed by atoms with van der Waals surface area (Å²) in [6.07, 6.45) is 2.92. The van der Waals surface area contributed by atoms with Crippen molar-refractivity contribution in [2.75, 3.05) is 12.0 Å². The van der Waals surface area contributed by atoms with Gasteiger partial charge in [0, 0.05) is 33.7 Å². The van der Waals surface area contributed by atoms with E-state index in [1.54, 1.807) is 35.7 Å². The Kier molecular flexibility index (Phi) is 4.01. The number of aromatic nitrogens is 1. The van der Waals surface area contributed by atoms with Gasteiger partial charge in [-0.05, 0) is 28.6 Å². The fraction of sp³-hybridized carbons (Fsp3) is 0.0500. The summed E-state index contributed by atoms with van der Waals surface area (Å²) in [7, 11) is -3.27. The summed E-state index contributed by atoms with van der Waals surface area (Å²) in [6.45, 7) is 0. The third kappa shape index (κ3) is 2.87. The van der Waals surface area contributed by atoms with Gasteiger partial charge >= 0.3 is 0 Å². The summed E-state index contributed by atoms with van der Waals surface area (Å²) in [5.41, 5.74) is 9.99. The quantitative estimate of drug-likeness (QED) is 0.563. The molecule has 0 radical (unpaired) electrons. The predicted molar refractivity (Wildman–Crippen MR) is 108 cm³/mol. The summed E-state index contributed by atoms with van der Waals surface area (Å²) in [6, 6.07) is 17.0. The molecular formula is C20H16N2O2S2. The van der Waals surface area contributed by atoms with E-state index in [0.29, 0.717) is 10.7 Å². The van der Waals surface area contributed by atoms with Gasteiger partial charge in [-0.25, -0.2) is 13.4 Å². The minimum atomic E-state index is -3.27. The normalized spacial score (nSPS) is 11.7. The van der Waals surface area contributed by atoms with Gasteiger partial charge in [-0.2, -0.15) is 0 Å². The van der Waals surface area contributed by atoms with E-state index in [0.717, 1.165) is 32.3 Å². The Morgan fingerprint density at radius 2 is 1.69 bits per heavy atom. The molecule has 0 bridgehead atoms. The number of rotatable bonds is 3. The van der Waals surface area contributed by atoms with Crippen LogP contribution in [0.15, 0.2) is 71.1 Å².